The van der Waals surface area contributed by atoms with Gasteiger partial charge in [-0.25, -0.2) is 0 Å². The summed E-state index contributed by atoms with van der Waals surface area (Å²) in [5.41, 5.74) is 5.42. The fourth-order valence-electron chi connectivity index (χ4n) is 1.65. The molecule has 0 spiro atoms. The van der Waals surface area contributed by atoms with Crippen molar-refractivity contribution in [2.75, 3.05) is 26.2 Å². The summed E-state index contributed by atoms with van der Waals surface area (Å²) >= 11 is 0. The Labute approximate surface area is 94.3 Å². The standard InChI is InChI=1S/C10H18N2O4/c1-7(5-11)10(15)12-2-3-16-8(6-12)4-9(13)14/h7-8H,2-6,11H2,1H3,(H,13,14). The van der Waals surface area contributed by atoms with E-state index >= 15 is 0 Å². The van der Waals surface area contributed by atoms with E-state index in [9.17, 15) is 9.59 Å². The predicted octanol–water partition coefficient (Wildman–Crippen LogP) is -0.717. The highest BCUT2D eigenvalue weighted by molar-refractivity contribution is 5.79. The summed E-state index contributed by atoms with van der Waals surface area (Å²) in [5, 5.41) is 8.64. The number of morpholine rings is 1. The van der Waals surface area contributed by atoms with Crippen LogP contribution in [0.25, 0.3) is 0 Å². The van der Waals surface area contributed by atoms with Crippen molar-refractivity contribution in [3.8, 4) is 0 Å². The zero-order valence-corrected chi connectivity index (χ0v) is 9.39. The Hall–Kier alpha value is -1.14. The highest BCUT2D eigenvalue weighted by Crippen LogP contribution is 2.11. The van der Waals surface area contributed by atoms with Gasteiger partial charge in [-0.2, -0.15) is 0 Å². The van der Waals surface area contributed by atoms with Crippen molar-refractivity contribution in [2.24, 2.45) is 11.7 Å². The van der Waals surface area contributed by atoms with Gasteiger partial charge >= 0.3 is 5.97 Å². The minimum atomic E-state index is -0.911. The fourth-order valence-corrected chi connectivity index (χ4v) is 1.65. The highest BCUT2D eigenvalue weighted by Gasteiger charge is 2.27. The van der Waals surface area contributed by atoms with Gasteiger partial charge in [0, 0.05) is 25.6 Å². The Balaban J connectivity index is 2.49. The van der Waals surface area contributed by atoms with E-state index < -0.39 is 12.1 Å². The second-order valence-corrected chi connectivity index (χ2v) is 4.01. The van der Waals surface area contributed by atoms with Gasteiger partial charge in [-0.15, -0.1) is 0 Å². The molecule has 92 valence electrons. The molecule has 0 aliphatic carbocycles. The molecule has 1 rings (SSSR count). The lowest BCUT2D eigenvalue weighted by molar-refractivity contribution is -0.149. The van der Waals surface area contributed by atoms with E-state index in [0.29, 0.717) is 26.2 Å². The first-order valence-corrected chi connectivity index (χ1v) is 5.36. The van der Waals surface area contributed by atoms with Crippen molar-refractivity contribution >= 4 is 11.9 Å². The van der Waals surface area contributed by atoms with Crippen LogP contribution >= 0.6 is 0 Å². The molecular weight excluding hydrogens is 212 g/mol. The van der Waals surface area contributed by atoms with Crippen LogP contribution in [-0.2, 0) is 14.3 Å². The maximum atomic E-state index is 11.8. The number of hydrogen-bond donors (Lipinski definition) is 2. The average molecular weight is 230 g/mol. The molecule has 2 unspecified atom stereocenters. The number of aliphatic carboxylic acids is 1. The molecule has 1 aliphatic rings. The van der Waals surface area contributed by atoms with E-state index in [-0.39, 0.29) is 18.2 Å². The molecule has 0 bridgehead atoms. The highest BCUT2D eigenvalue weighted by atomic mass is 16.5. The van der Waals surface area contributed by atoms with Crippen LogP contribution in [0.15, 0.2) is 0 Å². The molecule has 16 heavy (non-hydrogen) atoms. The third-order valence-corrected chi connectivity index (χ3v) is 2.63. The third kappa shape index (κ3) is 3.46. The summed E-state index contributed by atoms with van der Waals surface area (Å²) in [6.45, 7) is 3.32. The van der Waals surface area contributed by atoms with E-state index in [1.807, 2.05) is 0 Å². The number of carboxylic acids is 1. The summed E-state index contributed by atoms with van der Waals surface area (Å²) in [6, 6.07) is 0. The number of nitrogens with zero attached hydrogens (tertiary/aromatic N) is 1. The molecular formula is C10H18N2O4. The molecule has 3 N–H and O–H groups in total. The van der Waals surface area contributed by atoms with Crippen molar-refractivity contribution < 1.29 is 19.4 Å². The number of rotatable bonds is 4. The van der Waals surface area contributed by atoms with Gasteiger partial charge in [0.25, 0.3) is 0 Å². The Kier molecular flexibility index (Phi) is 4.70. The molecule has 2 atom stereocenters. The quantitative estimate of drug-likeness (QED) is 0.665. The molecule has 0 aromatic carbocycles. The molecule has 1 fully saturated rings. The average Bonchev–Trinajstić information content (AvgIpc) is 2.26. The van der Waals surface area contributed by atoms with E-state index in [2.05, 4.69) is 0 Å². The lowest BCUT2D eigenvalue weighted by Gasteiger charge is -2.33. The zero-order valence-electron chi connectivity index (χ0n) is 9.39. The largest absolute Gasteiger partial charge is 0.481 e. The summed E-state index contributed by atoms with van der Waals surface area (Å²) in [5.74, 6) is -1.16. The number of carboxylic acid groups (broad SMARTS) is 1. The normalized spacial score (nSPS) is 22.9. The molecule has 0 saturated carbocycles. The Morgan fingerprint density at radius 1 is 1.62 bits per heavy atom. The molecule has 0 aromatic heterocycles. The van der Waals surface area contributed by atoms with Crippen LogP contribution < -0.4 is 5.73 Å². The number of amides is 1. The van der Waals surface area contributed by atoms with Gasteiger partial charge in [0.15, 0.2) is 0 Å². The van der Waals surface area contributed by atoms with Crippen molar-refractivity contribution in [1.82, 2.24) is 4.90 Å². The van der Waals surface area contributed by atoms with Crippen molar-refractivity contribution in [3.05, 3.63) is 0 Å². The van der Waals surface area contributed by atoms with Crippen molar-refractivity contribution in [3.63, 3.8) is 0 Å². The van der Waals surface area contributed by atoms with Gasteiger partial charge in [0.2, 0.25) is 5.91 Å². The third-order valence-electron chi connectivity index (χ3n) is 2.63. The lowest BCUT2D eigenvalue weighted by Crippen LogP contribution is -2.48. The zero-order chi connectivity index (χ0) is 12.1. The lowest BCUT2D eigenvalue weighted by atomic mass is 10.1. The molecule has 1 amide bonds. The van der Waals surface area contributed by atoms with Crippen LogP contribution in [0.3, 0.4) is 0 Å². The maximum absolute atomic E-state index is 11.8. The van der Waals surface area contributed by atoms with Gasteiger partial charge in [-0.1, -0.05) is 6.92 Å². The summed E-state index contributed by atoms with van der Waals surface area (Å²) in [4.78, 5) is 24.0. The fraction of sp³-hybridized carbons (Fsp3) is 0.800. The first-order valence-electron chi connectivity index (χ1n) is 5.36. The molecule has 1 aliphatic heterocycles. The summed E-state index contributed by atoms with van der Waals surface area (Å²) in [6.07, 6.45) is -0.471. The van der Waals surface area contributed by atoms with Crippen LogP contribution in [0.5, 0.6) is 0 Å². The Morgan fingerprint density at radius 2 is 2.31 bits per heavy atom. The van der Waals surface area contributed by atoms with Gasteiger partial charge in [0.05, 0.1) is 19.1 Å². The maximum Gasteiger partial charge on any atom is 0.306 e. The van der Waals surface area contributed by atoms with Crippen molar-refractivity contribution in [2.45, 2.75) is 19.4 Å². The Morgan fingerprint density at radius 3 is 2.88 bits per heavy atom. The van der Waals surface area contributed by atoms with E-state index in [1.54, 1.807) is 11.8 Å². The van der Waals surface area contributed by atoms with Gasteiger partial charge in [-0.3, -0.25) is 9.59 Å². The van der Waals surface area contributed by atoms with E-state index in [1.165, 1.54) is 0 Å². The van der Waals surface area contributed by atoms with Crippen LogP contribution in [0.1, 0.15) is 13.3 Å². The van der Waals surface area contributed by atoms with Crippen LogP contribution in [0.2, 0.25) is 0 Å². The smallest absolute Gasteiger partial charge is 0.306 e. The van der Waals surface area contributed by atoms with Crippen LogP contribution in [0, 0.1) is 5.92 Å². The molecule has 0 aromatic rings. The second-order valence-electron chi connectivity index (χ2n) is 4.01. The SMILES string of the molecule is CC(CN)C(=O)N1CCOC(CC(=O)O)C1. The topological polar surface area (TPSA) is 92.9 Å². The van der Waals surface area contributed by atoms with Crippen LogP contribution in [0.4, 0.5) is 0 Å². The van der Waals surface area contributed by atoms with Gasteiger partial charge in [-0.05, 0) is 0 Å². The molecule has 1 saturated heterocycles. The first kappa shape index (κ1) is 12.9. The summed E-state index contributed by atoms with van der Waals surface area (Å²) in [7, 11) is 0. The van der Waals surface area contributed by atoms with E-state index in [4.69, 9.17) is 15.6 Å². The van der Waals surface area contributed by atoms with Gasteiger partial charge < -0.3 is 20.5 Å². The van der Waals surface area contributed by atoms with Crippen molar-refractivity contribution in [1.29, 1.82) is 0 Å². The minimum Gasteiger partial charge on any atom is -0.481 e. The first-order chi connectivity index (χ1) is 7.54. The van der Waals surface area contributed by atoms with Gasteiger partial charge in [0.1, 0.15) is 0 Å². The number of nitrogens with two attached hydrogens (primary N) is 1. The number of hydrogen-bond acceptors (Lipinski definition) is 4. The van der Waals surface area contributed by atoms with E-state index in [0.717, 1.165) is 0 Å². The summed E-state index contributed by atoms with van der Waals surface area (Å²) < 4.78 is 5.28. The minimum absolute atomic E-state index is 0.0267. The second kappa shape index (κ2) is 5.81. The number of ether oxygens (including phenoxy) is 1. The Bertz CT molecular complexity index is 270. The monoisotopic (exact) mass is 230 g/mol. The number of carbonyl (C=O) groups excluding carboxylic acids is 1. The molecule has 0 radical (unpaired) electrons. The molecule has 6 nitrogen and oxygen atoms in total. The van der Waals surface area contributed by atoms with Crippen LogP contribution in [-0.4, -0.2) is 54.2 Å². The number of carbonyl (C=O) groups is 2. The molecule has 1 heterocycles. The molecule has 6 heteroatoms. The predicted molar refractivity (Wildman–Crippen MR) is 56.8 cm³/mol.